The molecule has 0 amide bonds. The average Bonchev–Trinajstić information content (AvgIpc) is 2.34. The summed E-state index contributed by atoms with van der Waals surface area (Å²) in [6.07, 6.45) is 1.19. The second-order valence-electron chi connectivity index (χ2n) is 4.64. The van der Waals surface area contributed by atoms with E-state index in [1.54, 1.807) is 24.3 Å². The largest absolute Gasteiger partial charge is 0.233 e. The average molecular weight is 276 g/mol. The number of hydrogen-bond acceptors (Lipinski definition) is 4. The molecular weight excluding hydrogens is 260 g/mol. The molecular formula is C14H16N2O2S. The topological polar surface area (TPSA) is 59.9 Å². The van der Waals surface area contributed by atoms with Gasteiger partial charge in [-0.1, -0.05) is 0 Å². The lowest BCUT2D eigenvalue weighted by molar-refractivity contribution is 0.602. The Bertz CT molecular complexity index is 697. The van der Waals surface area contributed by atoms with Gasteiger partial charge in [-0.25, -0.2) is 18.4 Å². The number of rotatable bonds is 2. The van der Waals surface area contributed by atoms with Gasteiger partial charge in [-0.15, -0.1) is 0 Å². The Labute approximate surface area is 113 Å². The lowest BCUT2D eigenvalue weighted by atomic mass is 10.1. The highest BCUT2D eigenvalue weighted by atomic mass is 32.2. The fraction of sp³-hybridized carbons (Fsp3) is 0.286. The first-order valence-electron chi connectivity index (χ1n) is 5.91. The summed E-state index contributed by atoms with van der Waals surface area (Å²) < 4.78 is 22.8. The first-order valence-corrected chi connectivity index (χ1v) is 7.80. The summed E-state index contributed by atoms with van der Waals surface area (Å²) in [6.45, 7) is 5.87. The van der Waals surface area contributed by atoms with Crippen molar-refractivity contribution in [3.05, 3.63) is 41.2 Å². The van der Waals surface area contributed by atoms with E-state index >= 15 is 0 Å². The van der Waals surface area contributed by atoms with Crippen molar-refractivity contribution in [2.24, 2.45) is 0 Å². The molecule has 1 aromatic heterocycles. The van der Waals surface area contributed by atoms with Crippen molar-refractivity contribution >= 4 is 9.84 Å². The van der Waals surface area contributed by atoms with Crippen LogP contribution in [0.5, 0.6) is 0 Å². The van der Waals surface area contributed by atoms with E-state index in [1.165, 1.54) is 6.26 Å². The number of aromatic nitrogens is 2. The summed E-state index contributed by atoms with van der Waals surface area (Å²) in [5.41, 5.74) is 3.78. The minimum Gasteiger partial charge on any atom is -0.233 e. The van der Waals surface area contributed by atoms with Gasteiger partial charge in [0.25, 0.3) is 0 Å². The maximum atomic E-state index is 11.4. The second-order valence-corrected chi connectivity index (χ2v) is 6.66. The number of benzene rings is 1. The molecule has 0 spiro atoms. The van der Waals surface area contributed by atoms with Crippen LogP contribution in [-0.2, 0) is 9.84 Å². The van der Waals surface area contributed by atoms with E-state index in [0.29, 0.717) is 10.7 Å². The molecule has 0 radical (unpaired) electrons. The molecule has 2 rings (SSSR count). The monoisotopic (exact) mass is 276 g/mol. The van der Waals surface area contributed by atoms with Crippen molar-refractivity contribution in [1.29, 1.82) is 0 Å². The Balaban J connectivity index is 2.49. The summed E-state index contributed by atoms with van der Waals surface area (Å²) in [7, 11) is -3.17. The summed E-state index contributed by atoms with van der Waals surface area (Å²) in [4.78, 5) is 9.17. The molecule has 1 heterocycles. The molecule has 0 bridgehead atoms. The number of nitrogens with zero attached hydrogens (tertiary/aromatic N) is 2. The van der Waals surface area contributed by atoms with Crippen LogP contribution in [0.1, 0.15) is 17.0 Å². The van der Waals surface area contributed by atoms with Crippen LogP contribution in [0.2, 0.25) is 0 Å². The molecule has 0 N–H and O–H groups in total. The zero-order valence-corrected chi connectivity index (χ0v) is 12.2. The number of hydrogen-bond donors (Lipinski definition) is 0. The summed E-state index contributed by atoms with van der Waals surface area (Å²) in [6, 6.07) is 6.64. The highest BCUT2D eigenvalue weighted by Gasteiger charge is 2.09. The van der Waals surface area contributed by atoms with E-state index in [4.69, 9.17) is 0 Å². The molecule has 2 aromatic rings. The molecule has 1 aromatic carbocycles. The third-order valence-corrected chi connectivity index (χ3v) is 4.30. The Hall–Kier alpha value is -1.75. The lowest BCUT2D eigenvalue weighted by Crippen LogP contribution is -2.00. The fourth-order valence-electron chi connectivity index (χ4n) is 1.75. The Morgan fingerprint density at radius 1 is 0.895 bits per heavy atom. The summed E-state index contributed by atoms with van der Waals surface area (Å²) in [5, 5.41) is 0. The molecule has 0 aliphatic rings. The number of aryl methyl sites for hydroxylation is 2. The highest BCUT2D eigenvalue weighted by molar-refractivity contribution is 7.90. The molecule has 0 atom stereocenters. The quantitative estimate of drug-likeness (QED) is 0.845. The number of sulfone groups is 1. The van der Waals surface area contributed by atoms with E-state index in [0.717, 1.165) is 22.5 Å². The van der Waals surface area contributed by atoms with Gasteiger partial charge in [-0.05, 0) is 50.6 Å². The van der Waals surface area contributed by atoms with Crippen LogP contribution in [-0.4, -0.2) is 24.6 Å². The first-order chi connectivity index (χ1) is 8.79. The van der Waals surface area contributed by atoms with Gasteiger partial charge in [0.2, 0.25) is 0 Å². The van der Waals surface area contributed by atoms with Crippen LogP contribution in [0.4, 0.5) is 0 Å². The molecule has 19 heavy (non-hydrogen) atoms. The van der Waals surface area contributed by atoms with Gasteiger partial charge in [-0.2, -0.15) is 0 Å². The Morgan fingerprint density at radius 2 is 1.37 bits per heavy atom. The summed E-state index contributed by atoms with van der Waals surface area (Å²) >= 11 is 0. The highest BCUT2D eigenvalue weighted by Crippen LogP contribution is 2.20. The van der Waals surface area contributed by atoms with Crippen LogP contribution in [0, 0.1) is 20.8 Å². The molecule has 0 unspecified atom stereocenters. The molecule has 0 saturated heterocycles. The predicted molar refractivity (Wildman–Crippen MR) is 74.8 cm³/mol. The van der Waals surface area contributed by atoms with Gasteiger partial charge < -0.3 is 0 Å². The lowest BCUT2D eigenvalue weighted by Gasteiger charge is -2.07. The molecule has 0 saturated carbocycles. The SMILES string of the molecule is Cc1nc(-c2ccc(S(C)(=O)=O)cc2)nc(C)c1C. The Morgan fingerprint density at radius 3 is 1.79 bits per heavy atom. The van der Waals surface area contributed by atoms with Gasteiger partial charge in [0, 0.05) is 23.2 Å². The van der Waals surface area contributed by atoms with Crippen LogP contribution >= 0.6 is 0 Å². The van der Waals surface area contributed by atoms with Crippen molar-refractivity contribution in [2.75, 3.05) is 6.26 Å². The van der Waals surface area contributed by atoms with E-state index in [9.17, 15) is 8.42 Å². The third-order valence-electron chi connectivity index (χ3n) is 3.17. The van der Waals surface area contributed by atoms with Crippen LogP contribution < -0.4 is 0 Å². The van der Waals surface area contributed by atoms with E-state index in [2.05, 4.69) is 9.97 Å². The van der Waals surface area contributed by atoms with Crippen molar-refractivity contribution in [2.45, 2.75) is 25.7 Å². The van der Waals surface area contributed by atoms with E-state index in [1.807, 2.05) is 20.8 Å². The first kappa shape index (κ1) is 13.7. The van der Waals surface area contributed by atoms with E-state index < -0.39 is 9.84 Å². The van der Waals surface area contributed by atoms with Gasteiger partial charge >= 0.3 is 0 Å². The standard InChI is InChI=1S/C14H16N2O2S/c1-9-10(2)15-14(16-11(9)3)12-5-7-13(8-6-12)19(4,17)18/h5-8H,1-4H3. The van der Waals surface area contributed by atoms with Crippen molar-refractivity contribution in [3.8, 4) is 11.4 Å². The van der Waals surface area contributed by atoms with Gasteiger partial charge in [-0.3, -0.25) is 0 Å². The predicted octanol–water partition coefficient (Wildman–Crippen LogP) is 2.47. The zero-order chi connectivity index (χ0) is 14.2. The van der Waals surface area contributed by atoms with Gasteiger partial charge in [0.15, 0.2) is 15.7 Å². The Kier molecular flexibility index (Phi) is 3.41. The van der Waals surface area contributed by atoms with Crippen molar-refractivity contribution in [3.63, 3.8) is 0 Å². The zero-order valence-electron chi connectivity index (χ0n) is 11.4. The molecule has 0 aliphatic heterocycles. The van der Waals surface area contributed by atoms with Gasteiger partial charge in [0.1, 0.15) is 0 Å². The maximum absolute atomic E-state index is 11.4. The maximum Gasteiger partial charge on any atom is 0.175 e. The van der Waals surface area contributed by atoms with Crippen molar-refractivity contribution < 1.29 is 8.42 Å². The smallest absolute Gasteiger partial charge is 0.175 e. The molecule has 0 fully saturated rings. The minimum absolute atomic E-state index is 0.303. The molecule has 5 heteroatoms. The van der Waals surface area contributed by atoms with Gasteiger partial charge in [0.05, 0.1) is 4.90 Å². The summed E-state index contributed by atoms with van der Waals surface area (Å²) in [5.74, 6) is 0.626. The second kappa shape index (κ2) is 4.74. The normalized spacial score (nSPS) is 11.6. The fourth-order valence-corrected chi connectivity index (χ4v) is 2.38. The third kappa shape index (κ3) is 2.81. The molecule has 0 aliphatic carbocycles. The minimum atomic E-state index is -3.17. The van der Waals surface area contributed by atoms with Crippen molar-refractivity contribution in [1.82, 2.24) is 9.97 Å². The molecule has 100 valence electrons. The van der Waals surface area contributed by atoms with Crippen LogP contribution in [0.25, 0.3) is 11.4 Å². The molecule has 4 nitrogen and oxygen atoms in total. The van der Waals surface area contributed by atoms with Crippen LogP contribution in [0.3, 0.4) is 0 Å². The van der Waals surface area contributed by atoms with E-state index in [-0.39, 0.29) is 0 Å². The van der Waals surface area contributed by atoms with Crippen LogP contribution in [0.15, 0.2) is 29.2 Å².